The molecule has 1 aliphatic heterocycles. The number of likely N-dealkylation sites (N-methyl/N-ethyl adjacent to an activating group) is 1. The van der Waals surface area contributed by atoms with Crippen molar-refractivity contribution in [2.75, 3.05) is 27.7 Å². The number of carbonyl (C=O) groups excluding carboxylic acids is 1. The Morgan fingerprint density at radius 3 is 2.82 bits per heavy atom. The average Bonchev–Trinajstić information content (AvgIpc) is 2.83. The van der Waals surface area contributed by atoms with Crippen LogP contribution in [0.25, 0.3) is 0 Å². The van der Waals surface area contributed by atoms with Gasteiger partial charge in [0.05, 0.1) is 13.7 Å². The van der Waals surface area contributed by atoms with Crippen molar-refractivity contribution >= 4 is 5.91 Å². The van der Waals surface area contributed by atoms with E-state index in [1.54, 1.807) is 22.4 Å². The molecule has 1 aliphatic rings. The number of amides is 1. The number of fused-ring (bicyclic) bond motifs is 1. The first kappa shape index (κ1) is 20.1. The third-order valence-electron chi connectivity index (χ3n) is 5.17. The minimum atomic E-state index is -0.0984. The number of aryl methyl sites for hydroxylation is 2. The highest BCUT2D eigenvalue weighted by molar-refractivity contribution is 5.94. The zero-order chi connectivity index (χ0) is 20.3. The molecule has 0 saturated heterocycles. The van der Waals surface area contributed by atoms with Gasteiger partial charge in [-0.2, -0.15) is 5.10 Å². The summed E-state index contributed by atoms with van der Waals surface area (Å²) in [6, 6.07) is 5.43. The summed E-state index contributed by atoms with van der Waals surface area (Å²) >= 11 is 0. The van der Waals surface area contributed by atoms with Crippen molar-refractivity contribution < 1.29 is 9.53 Å². The van der Waals surface area contributed by atoms with Gasteiger partial charge in [-0.3, -0.25) is 9.36 Å². The second kappa shape index (κ2) is 8.60. The molecule has 2 aromatic rings. The molecule has 1 unspecified atom stereocenters. The van der Waals surface area contributed by atoms with Gasteiger partial charge in [-0.15, -0.1) is 0 Å². The third kappa shape index (κ3) is 4.44. The number of carbonyl (C=O) groups is 1. The maximum absolute atomic E-state index is 12.6. The molecule has 0 saturated carbocycles. The topological polar surface area (TPSA) is 81.4 Å². The van der Waals surface area contributed by atoms with Gasteiger partial charge in [-0.1, -0.05) is 0 Å². The van der Waals surface area contributed by atoms with Gasteiger partial charge in [0, 0.05) is 31.1 Å². The highest BCUT2D eigenvalue weighted by Gasteiger charge is 2.22. The Kier molecular flexibility index (Phi) is 6.18. The fourth-order valence-corrected chi connectivity index (χ4v) is 3.50. The Morgan fingerprint density at radius 2 is 2.14 bits per heavy atom. The minimum Gasteiger partial charge on any atom is -0.496 e. The number of ether oxygens (including phenoxy) is 1. The van der Waals surface area contributed by atoms with E-state index in [4.69, 9.17) is 4.74 Å². The van der Waals surface area contributed by atoms with Crippen LogP contribution in [0, 0.1) is 6.92 Å². The molecule has 8 nitrogen and oxygen atoms in total. The summed E-state index contributed by atoms with van der Waals surface area (Å²) < 4.78 is 8.55. The number of rotatable bonds is 6. The van der Waals surface area contributed by atoms with E-state index in [0.29, 0.717) is 31.5 Å². The smallest absolute Gasteiger partial charge is 0.345 e. The van der Waals surface area contributed by atoms with Crippen molar-refractivity contribution in [1.29, 1.82) is 0 Å². The molecule has 1 atom stereocenters. The van der Waals surface area contributed by atoms with Gasteiger partial charge in [-0.25, -0.2) is 9.48 Å². The van der Waals surface area contributed by atoms with Crippen LogP contribution in [0.4, 0.5) is 0 Å². The van der Waals surface area contributed by atoms with Crippen LogP contribution in [0.2, 0.25) is 0 Å². The molecule has 0 aliphatic carbocycles. The molecule has 0 fully saturated rings. The van der Waals surface area contributed by atoms with E-state index in [9.17, 15) is 9.59 Å². The highest BCUT2D eigenvalue weighted by atomic mass is 16.5. The van der Waals surface area contributed by atoms with Crippen molar-refractivity contribution in [3.63, 3.8) is 0 Å². The maximum Gasteiger partial charge on any atom is 0.345 e. The van der Waals surface area contributed by atoms with E-state index < -0.39 is 0 Å². The molecular formula is C20H29N5O3. The maximum atomic E-state index is 12.6. The van der Waals surface area contributed by atoms with Gasteiger partial charge < -0.3 is 15.0 Å². The number of hydrogen-bond donors (Lipinski definition) is 1. The van der Waals surface area contributed by atoms with Gasteiger partial charge in [-0.05, 0) is 57.6 Å². The molecular weight excluding hydrogens is 358 g/mol. The monoisotopic (exact) mass is 387 g/mol. The van der Waals surface area contributed by atoms with Crippen LogP contribution < -0.4 is 15.7 Å². The molecule has 0 spiro atoms. The van der Waals surface area contributed by atoms with Crippen LogP contribution in [-0.2, 0) is 19.5 Å². The van der Waals surface area contributed by atoms with E-state index in [2.05, 4.69) is 10.4 Å². The first-order valence-corrected chi connectivity index (χ1v) is 9.65. The molecule has 0 bridgehead atoms. The van der Waals surface area contributed by atoms with Crippen LogP contribution in [0.15, 0.2) is 23.0 Å². The summed E-state index contributed by atoms with van der Waals surface area (Å²) in [5.41, 5.74) is 1.48. The normalized spacial score (nSPS) is 16.5. The number of methoxy groups -OCH3 is 1. The predicted molar refractivity (Wildman–Crippen MR) is 107 cm³/mol. The Bertz CT molecular complexity index is 900. The van der Waals surface area contributed by atoms with Crippen molar-refractivity contribution in [2.45, 2.75) is 45.3 Å². The lowest BCUT2D eigenvalue weighted by Crippen LogP contribution is -2.36. The zero-order valence-electron chi connectivity index (χ0n) is 17.1. The number of nitrogens with zero attached hydrogens (tertiary/aromatic N) is 4. The zero-order valence-corrected chi connectivity index (χ0v) is 17.1. The SMILES string of the molecule is COc1ccc(C(=O)NC2CCc3nn(CCN(C)C)c(=O)n3CC2)cc1C. The largest absolute Gasteiger partial charge is 0.496 e. The van der Waals surface area contributed by atoms with Crippen LogP contribution >= 0.6 is 0 Å². The van der Waals surface area contributed by atoms with E-state index in [1.807, 2.05) is 38.1 Å². The molecule has 2 heterocycles. The van der Waals surface area contributed by atoms with Crippen LogP contribution in [0.1, 0.15) is 34.6 Å². The Balaban J connectivity index is 1.63. The molecule has 152 valence electrons. The molecule has 8 heteroatoms. The van der Waals surface area contributed by atoms with Gasteiger partial charge in [0.1, 0.15) is 11.6 Å². The summed E-state index contributed by atoms with van der Waals surface area (Å²) in [4.78, 5) is 27.2. The fraction of sp³-hybridized carbons (Fsp3) is 0.550. The Morgan fingerprint density at radius 1 is 1.36 bits per heavy atom. The van der Waals surface area contributed by atoms with Gasteiger partial charge in [0.2, 0.25) is 0 Å². The molecule has 0 radical (unpaired) electrons. The molecule has 1 N–H and O–H groups in total. The third-order valence-corrected chi connectivity index (χ3v) is 5.17. The quantitative estimate of drug-likeness (QED) is 0.802. The first-order chi connectivity index (χ1) is 13.4. The number of benzene rings is 1. The molecule has 1 aromatic heterocycles. The van der Waals surface area contributed by atoms with Gasteiger partial charge >= 0.3 is 5.69 Å². The summed E-state index contributed by atoms with van der Waals surface area (Å²) in [5, 5.41) is 7.60. The summed E-state index contributed by atoms with van der Waals surface area (Å²) in [6.07, 6.45) is 2.16. The lowest BCUT2D eigenvalue weighted by molar-refractivity contribution is 0.0932. The molecule has 1 aromatic carbocycles. The van der Waals surface area contributed by atoms with Crippen molar-refractivity contribution in [3.8, 4) is 5.75 Å². The summed E-state index contributed by atoms with van der Waals surface area (Å²) in [7, 11) is 5.57. The van der Waals surface area contributed by atoms with Crippen LogP contribution in [-0.4, -0.2) is 58.9 Å². The van der Waals surface area contributed by atoms with Crippen LogP contribution in [0.5, 0.6) is 5.75 Å². The summed E-state index contributed by atoms with van der Waals surface area (Å²) in [5.74, 6) is 1.47. The number of nitrogens with one attached hydrogen (secondary N) is 1. The first-order valence-electron chi connectivity index (χ1n) is 9.65. The highest BCUT2D eigenvalue weighted by Crippen LogP contribution is 2.19. The van der Waals surface area contributed by atoms with E-state index in [1.165, 1.54) is 0 Å². The van der Waals surface area contributed by atoms with Gasteiger partial charge in [0.25, 0.3) is 5.91 Å². The Hall–Kier alpha value is -2.61. The molecule has 1 amide bonds. The second-order valence-electron chi connectivity index (χ2n) is 7.56. The van der Waals surface area contributed by atoms with E-state index >= 15 is 0 Å². The second-order valence-corrected chi connectivity index (χ2v) is 7.56. The van der Waals surface area contributed by atoms with Crippen molar-refractivity contribution in [2.24, 2.45) is 0 Å². The van der Waals surface area contributed by atoms with Crippen molar-refractivity contribution in [3.05, 3.63) is 45.6 Å². The lowest BCUT2D eigenvalue weighted by Gasteiger charge is -2.16. The lowest BCUT2D eigenvalue weighted by atomic mass is 10.1. The minimum absolute atomic E-state index is 0.0197. The fourth-order valence-electron chi connectivity index (χ4n) is 3.50. The van der Waals surface area contributed by atoms with E-state index in [-0.39, 0.29) is 17.6 Å². The number of hydrogen-bond acceptors (Lipinski definition) is 5. The van der Waals surface area contributed by atoms with E-state index in [0.717, 1.165) is 30.1 Å². The van der Waals surface area contributed by atoms with Crippen molar-refractivity contribution in [1.82, 2.24) is 24.6 Å². The Labute approximate surface area is 165 Å². The summed E-state index contributed by atoms with van der Waals surface area (Å²) in [6.45, 7) is 3.85. The average molecular weight is 387 g/mol. The standard InChI is InChI=1S/C20H29N5O3/c1-14-13-15(5-7-17(14)28-4)19(26)21-16-6-8-18-22-25(12-11-23(2)3)20(27)24(18)10-9-16/h5,7,13,16H,6,8-12H2,1-4H3,(H,21,26). The number of aromatic nitrogens is 3. The molecule has 28 heavy (non-hydrogen) atoms. The van der Waals surface area contributed by atoms with Gasteiger partial charge in [0.15, 0.2) is 0 Å². The molecule has 3 rings (SSSR count). The van der Waals surface area contributed by atoms with Crippen LogP contribution in [0.3, 0.4) is 0 Å². The predicted octanol–water partition coefficient (Wildman–Crippen LogP) is 1.06.